The summed E-state index contributed by atoms with van der Waals surface area (Å²) in [5.41, 5.74) is -0.615. The molecular weight excluding hydrogens is 312 g/mol. The van der Waals surface area contributed by atoms with Gasteiger partial charge in [-0.2, -0.15) is 13.2 Å². The molecule has 102 valence electrons. The van der Waals surface area contributed by atoms with Gasteiger partial charge in [0, 0.05) is 4.83 Å². The summed E-state index contributed by atoms with van der Waals surface area (Å²) in [6.45, 7) is 4.10. The van der Waals surface area contributed by atoms with Gasteiger partial charge < -0.3 is 0 Å². The van der Waals surface area contributed by atoms with Crippen molar-refractivity contribution in [1.82, 2.24) is 0 Å². The van der Waals surface area contributed by atoms with E-state index in [4.69, 9.17) is 0 Å². The minimum Gasteiger partial charge on any atom is -0.206 e. The molecule has 0 aliphatic carbocycles. The van der Waals surface area contributed by atoms with Gasteiger partial charge in [0.15, 0.2) is 0 Å². The van der Waals surface area contributed by atoms with Gasteiger partial charge in [-0.25, -0.2) is 4.39 Å². The summed E-state index contributed by atoms with van der Waals surface area (Å²) in [6, 6.07) is 3.12. The molecule has 0 amide bonds. The second-order valence-corrected chi connectivity index (χ2v) is 5.79. The molecule has 0 N–H and O–H groups in total. The molecule has 1 aromatic carbocycles. The highest BCUT2D eigenvalue weighted by Crippen LogP contribution is 2.32. The fourth-order valence-electron chi connectivity index (χ4n) is 1.58. The number of benzene rings is 1. The van der Waals surface area contributed by atoms with E-state index >= 15 is 0 Å². The Kier molecular flexibility index (Phi) is 5.20. The average Bonchev–Trinajstić information content (AvgIpc) is 2.23. The van der Waals surface area contributed by atoms with Crippen molar-refractivity contribution in [2.75, 3.05) is 0 Å². The molecule has 1 rings (SSSR count). The molecule has 0 aliphatic heterocycles. The van der Waals surface area contributed by atoms with E-state index in [0.717, 1.165) is 18.6 Å². The third kappa shape index (κ3) is 4.26. The topological polar surface area (TPSA) is 0 Å². The van der Waals surface area contributed by atoms with Gasteiger partial charge in [0.1, 0.15) is 5.82 Å². The molecule has 0 spiro atoms. The maximum Gasteiger partial charge on any atom is 0.419 e. The molecule has 0 radical (unpaired) electrons. The summed E-state index contributed by atoms with van der Waals surface area (Å²) in [5.74, 6) is -0.764. The first-order valence-electron chi connectivity index (χ1n) is 5.71. The summed E-state index contributed by atoms with van der Waals surface area (Å²) in [6.07, 6.45) is -3.30. The van der Waals surface area contributed by atoms with Gasteiger partial charge in [-0.05, 0) is 36.5 Å². The third-order valence-electron chi connectivity index (χ3n) is 2.77. The molecule has 0 fully saturated rings. The molecule has 1 atom stereocenters. The van der Waals surface area contributed by atoms with Gasteiger partial charge in [0.2, 0.25) is 0 Å². The van der Waals surface area contributed by atoms with Crippen molar-refractivity contribution in [1.29, 1.82) is 0 Å². The van der Waals surface area contributed by atoms with E-state index in [1.807, 2.05) is 13.8 Å². The number of alkyl halides is 4. The minimum absolute atomic E-state index is 0.280. The molecule has 0 saturated heterocycles. The SMILES string of the molecule is CC(C)C(Br)CCc1ccc(C(F)(F)F)c(F)c1. The first-order valence-corrected chi connectivity index (χ1v) is 6.63. The molecule has 0 nitrogen and oxygen atoms in total. The standard InChI is InChI=1S/C13H15BrF4/c1-8(2)11(14)6-4-9-3-5-10(12(15)7-9)13(16,17)18/h3,5,7-8,11H,4,6H2,1-2H3. The summed E-state index contributed by atoms with van der Waals surface area (Å²) in [7, 11) is 0. The Morgan fingerprint density at radius 2 is 1.83 bits per heavy atom. The maximum atomic E-state index is 13.3. The van der Waals surface area contributed by atoms with E-state index in [1.165, 1.54) is 6.07 Å². The highest BCUT2D eigenvalue weighted by molar-refractivity contribution is 9.09. The van der Waals surface area contributed by atoms with Gasteiger partial charge in [0.05, 0.1) is 5.56 Å². The third-order valence-corrected chi connectivity index (χ3v) is 4.29. The van der Waals surface area contributed by atoms with Crippen LogP contribution < -0.4 is 0 Å². The van der Waals surface area contributed by atoms with E-state index in [9.17, 15) is 17.6 Å². The van der Waals surface area contributed by atoms with Crippen LogP contribution in [-0.2, 0) is 12.6 Å². The summed E-state index contributed by atoms with van der Waals surface area (Å²) in [4.78, 5) is 0.280. The van der Waals surface area contributed by atoms with Crippen molar-refractivity contribution >= 4 is 15.9 Å². The van der Waals surface area contributed by atoms with Crippen LogP contribution in [0.1, 0.15) is 31.4 Å². The van der Waals surface area contributed by atoms with Gasteiger partial charge in [-0.3, -0.25) is 0 Å². The largest absolute Gasteiger partial charge is 0.419 e. The number of rotatable bonds is 4. The Hall–Kier alpha value is -0.580. The van der Waals surface area contributed by atoms with Crippen molar-refractivity contribution in [3.63, 3.8) is 0 Å². The van der Waals surface area contributed by atoms with E-state index in [-0.39, 0.29) is 4.83 Å². The number of hydrogen-bond donors (Lipinski definition) is 0. The van der Waals surface area contributed by atoms with Crippen LogP contribution in [-0.4, -0.2) is 4.83 Å². The molecule has 0 aliphatic rings. The molecule has 5 heteroatoms. The van der Waals surface area contributed by atoms with Crippen LogP contribution in [0, 0.1) is 11.7 Å². The molecule has 1 unspecified atom stereocenters. The van der Waals surface area contributed by atoms with Crippen molar-refractivity contribution in [3.8, 4) is 0 Å². The highest BCUT2D eigenvalue weighted by Gasteiger charge is 2.33. The number of halogens is 5. The predicted molar refractivity (Wildman–Crippen MR) is 67.3 cm³/mol. The van der Waals surface area contributed by atoms with Crippen LogP contribution >= 0.6 is 15.9 Å². The molecule has 0 aromatic heterocycles. The Balaban J connectivity index is 2.74. The fourth-order valence-corrected chi connectivity index (χ4v) is 1.81. The highest BCUT2D eigenvalue weighted by atomic mass is 79.9. The van der Waals surface area contributed by atoms with E-state index in [1.54, 1.807) is 0 Å². The van der Waals surface area contributed by atoms with Crippen molar-refractivity contribution in [3.05, 3.63) is 35.1 Å². The minimum atomic E-state index is -4.63. The van der Waals surface area contributed by atoms with E-state index in [0.29, 0.717) is 17.9 Å². The lowest BCUT2D eigenvalue weighted by molar-refractivity contribution is -0.140. The van der Waals surface area contributed by atoms with Crippen LogP contribution in [0.5, 0.6) is 0 Å². The quantitative estimate of drug-likeness (QED) is 0.527. The second-order valence-electron chi connectivity index (χ2n) is 4.61. The monoisotopic (exact) mass is 326 g/mol. The molecule has 0 saturated carbocycles. The van der Waals surface area contributed by atoms with E-state index < -0.39 is 17.6 Å². The predicted octanol–water partition coefficient (Wildman–Crippen LogP) is 5.20. The zero-order valence-electron chi connectivity index (χ0n) is 10.2. The molecule has 0 heterocycles. The maximum absolute atomic E-state index is 13.3. The zero-order valence-corrected chi connectivity index (χ0v) is 11.8. The number of hydrogen-bond acceptors (Lipinski definition) is 0. The van der Waals surface area contributed by atoms with E-state index in [2.05, 4.69) is 15.9 Å². The smallest absolute Gasteiger partial charge is 0.206 e. The van der Waals surface area contributed by atoms with Crippen LogP contribution in [0.3, 0.4) is 0 Å². The van der Waals surface area contributed by atoms with Crippen LogP contribution in [0.25, 0.3) is 0 Å². The summed E-state index contributed by atoms with van der Waals surface area (Å²) >= 11 is 3.49. The normalized spacial score (nSPS) is 14.0. The lowest BCUT2D eigenvalue weighted by atomic mass is 10.0. The lowest BCUT2D eigenvalue weighted by Gasteiger charge is -2.14. The Labute approximate surface area is 113 Å². The van der Waals surface area contributed by atoms with Crippen molar-refractivity contribution in [2.24, 2.45) is 5.92 Å². The molecule has 0 bridgehead atoms. The van der Waals surface area contributed by atoms with Gasteiger partial charge in [-0.1, -0.05) is 35.8 Å². The summed E-state index contributed by atoms with van der Waals surface area (Å²) in [5, 5.41) is 0. The van der Waals surface area contributed by atoms with Crippen LogP contribution in [0.2, 0.25) is 0 Å². The molecular formula is C13H15BrF4. The fraction of sp³-hybridized carbons (Fsp3) is 0.538. The first kappa shape index (κ1) is 15.5. The van der Waals surface area contributed by atoms with Gasteiger partial charge in [0.25, 0.3) is 0 Å². The average molecular weight is 327 g/mol. The van der Waals surface area contributed by atoms with Crippen molar-refractivity contribution in [2.45, 2.75) is 37.7 Å². The van der Waals surface area contributed by atoms with Gasteiger partial charge in [-0.15, -0.1) is 0 Å². The zero-order chi connectivity index (χ0) is 13.9. The van der Waals surface area contributed by atoms with Gasteiger partial charge >= 0.3 is 6.18 Å². The number of aryl methyl sites for hydroxylation is 1. The Morgan fingerprint density at radius 1 is 1.22 bits per heavy atom. The van der Waals surface area contributed by atoms with Crippen molar-refractivity contribution < 1.29 is 17.6 Å². The summed E-state index contributed by atoms with van der Waals surface area (Å²) < 4.78 is 50.4. The molecule has 1 aromatic rings. The Bertz CT molecular complexity index is 398. The van der Waals surface area contributed by atoms with Crippen LogP contribution in [0.15, 0.2) is 18.2 Å². The van der Waals surface area contributed by atoms with Crippen LogP contribution in [0.4, 0.5) is 17.6 Å². The molecule has 18 heavy (non-hydrogen) atoms. The second kappa shape index (κ2) is 6.04. The lowest BCUT2D eigenvalue weighted by Crippen LogP contribution is -2.10. The first-order chi connectivity index (χ1) is 8.21. The Morgan fingerprint density at radius 3 is 2.28 bits per heavy atom.